The van der Waals surface area contributed by atoms with Crippen molar-refractivity contribution in [3.05, 3.63) is 57.5 Å². The summed E-state index contributed by atoms with van der Waals surface area (Å²) in [5.41, 5.74) is 1.64. The lowest BCUT2D eigenvalue weighted by molar-refractivity contribution is 0.1000. The molecular formula is C14H13BrO3. The van der Waals surface area contributed by atoms with E-state index in [9.17, 15) is 4.79 Å². The average Bonchev–Trinajstić information content (AvgIpc) is 2.81. The highest BCUT2D eigenvalue weighted by Crippen LogP contribution is 2.20. The number of hydrogen-bond donors (Lipinski definition) is 0. The molecule has 0 amide bonds. The summed E-state index contributed by atoms with van der Waals surface area (Å²) in [5, 5.41) is 0. The van der Waals surface area contributed by atoms with E-state index in [-0.39, 0.29) is 5.78 Å². The average molecular weight is 309 g/mol. The monoisotopic (exact) mass is 308 g/mol. The first-order valence-corrected chi connectivity index (χ1v) is 6.29. The molecule has 0 saturated heterocycles. The molecule has 2 aromatic rings. The van der Waals surface area contributed by atoms with Crippen LogP contribution in [0.15, 0.2) is 39.2 Å². The summed E-state index contributed by atoms with van der Waals surface area (Å²) in [6, 6.07) is 8.90. The fourth-order valence-corrected chi connectivity index (χ4v) is 1.89. The first-order valence-electron chi connectivity index (χ1n) is 5.50. The van der Waals surface area contributed by atoms with Crippen molar-refractivity contribution in [1.29, 1.82) is 0 Å². The van der Waals surface area contributed by atoms with Crippen molar-refractivity contribution in [3.63, 3.8) is 0 Å². The van der Waals surface area contributed by atoms with E-state index in [1.54, 1.807) is 25.3 Å². The smallest absolute Gasteiger partial charge is 0.228 e. The molecule has 94 valence electrons. The maximum Gasteiger partial charge on any atom is 0.228 e. The minimum atomic E-state index is -0.118. The normalized spacial score (nSPS) is 10.6. The fraction of sp³-hybridized carbons (Fsp3) is 0.214. The largest absolute Gasteiger partial charge is 0.455 e. The molecule has 0 aliphatic heterocycles. The molecule has 0 aliphatic carbocycles. The zero-order chi connectivity index (χ0) is 13.1. The van der Waals surface area contributed by atoms with Gasteiger partial charge in [-0.25, -0.2) is 0 Å². The Bertz CT molecular complexity index is 572. The molecule has 0 radical (unpaired) electrons. The zero-order valence-electron chi connectivity index (χ0n) is 10.2. The van der Waals surface area contributed by atoms with E-state index in [1.165, 1.54) is 0 Å². The van der Waals surface area contributed by atoms with Crippen LogP contribution in [0.4, 0.5) is 0 Å². The highest BCUT2D eigenvalue weighted by atomic mass is 79.9. The third-order valence-corrected chi connectivity index (χ3v) is 3.48. The van der Waals surface area contributed by atoms with Crippen molar-refractivity contribution in [1.82, 2.24) is 0 Å². The molecule has 0 aliphatic rings. The van der Waals surface area contributed by atoms with Gasteiger partial charge in [-0.3, -0.25) is 4.79 Å². The number of benzene rings is 1. The molecule has 0 N–H and O–H groups in total. The predicted octanol–water partition coefficient (Wildman–Crippen LogP) is 3.73. The molecule has 0 atom stereocenters. The van der Waals surface area contributed by atoms with Crippen LogP contribution in [-0.2, 0) is 11.3 Å². The number of carbonyl (C=O) groups excluding carboxylic acids is 1. The lowest BCUT2D eigenvalue weighted by atomic mass is 10.1. The molecule has 1 heterocycles. The summed E-state index contributed by atoms with van der Waals surface area (Å²) < 4.78 is 11.4. The quantitative estimate of drug-likeness (QED) is 0.808. The van der Waals surface area contributed by atoms with Crippen LogP contribution in [0.5, 0.6) is 0 Å². The Morgan fingerprint density at radius 1 is 1.33 bits per heavy atom. The SMILES string of the molecule is COCc1ccc(C(=O)c2ccc(Br)c(C)c2)o1. The van der Waals surface area contributed by atoms with Crippen LogP contribution in [-0.4, -0.2) is 12.9 Å². The molecule has 18 heavy (non-hydrogen) atoms. The summed E-state index contributed by atoms with van der Waals surface area (Å²) in [6.07, 6.45) is 0. The Balaban J connectivity index is 2.26. The number of carbonyl (C=O) groups is 1. The van der Waals surface area contributed by atoms with E-state index in [0.717, 1.165) is 10.0 Å². The van der Waals surface area contributed by atoms with Gasteiger partial charge in [-0.1, -0.05) is 15.9 Å². The van der Waals surface area contributed by atoms with Crippen LogP contribution >= 0.6 is 15.9 Å². The maximum absolute atomic E-state index is 12.2. The van der Waals surface area contributed by atoms with Gasteiger partial charge in [0, 0.05) is 17.1 Å². The van der Waals surface area contributed by atoms with Crippen molar-refractivity contribution in [2.75, 3.05) is 7.11 Å². The second-order valence-corrected chi connectivity index (χ2v) is 4.85. The first-order chi connectivity index (χ1) is 8.61. The maximum atomic E-state index is 12.2. The highest BCUT2D eigenvalue weighted by Gasteiger charge is 2.14. The van der Waals surface area contributed by atoms with Crippen molar-refractivity contribution >= 4 is 21.7 Å². The van der Waals surface area contributed by atoms with Gasteiger partial charge in [0.1, 0.15) is 12.4 Å². The number of ether oxygens (including phenoxy) is 1. The van der Waals surface area contributed by atoms with Gasteiger partial charge in [-0.2, -0.15) is 0 Å². The Morgan fingerprint density at radius 3 is 2.78 bits per heavy atom. The van der Waals surface area contributed by atoms with E-state index in [1.807, 2.05) is 19.1 Å². The second-order valence-electron chi connectivity index (χ2n) is 3.99. The van der Waals surface area contributed by atoms with Gasteiger partial charge in [-0.05, 0) is 42.8 Å². The summed E-state index contributed by atoms with van der Waals surface area (Å²) in [7, 11) is 1.59. The number of aryl methyl sites for hydroxylation is 1. The Morgan fingerprint density at radius 2 is 2.11 bits per heavy atom. The molecule has 4 heteroatoms. The van der Waals surface area contributed by atoms with E-state index in [0.29, 0.717) is 23.7 Å². The highest BCUT2D eigenvalue weighted by molar-refractivity contribution is 9.10. The van der Waals surface area contributed by atoms with Gasteiger partial charge in [-0.15, -0.1) is 0 Å². The molecule has 1 aromatic heterocycles. The first kappa shape index (κ1) is 13.1. The molecule has 0 unspecified atom stereocenters. The summed E-state index contributed by atoms with van der Waals surface area (Å²) >= 11 is 3.41. The van der Waals surface area contributed by atoms with Crippen molar-refractivity contribution in [3.8, 4) is 0 Å². The van der Waals surface area contributed by atoms with E-state index >= 15 is 0 Å². The van der Waals surface area contributed by atoms with E-state index in [2.05, 4.69) is 15.9 Å². The summed E-state index contributed by atoms with van der Waals surface area (Å²) in [4.78, 5) is 12.2. The zero-order valence-corrected chi connectivity index (χ0v) is 11.8. The lowest BCUT2D eigenvalue weighted by Crippen LogP contribution is -2.00. The van der Waals surface area contributed by atoms with Gasteiger partial charge in [0.25, 0.3) is 0 Å². The summed E-state index contributed by atoms with van der Waals surface area (Å²) in [6.45, 7) is 2.31. The van der Waals surface area contributed by atoms with Gasteiger partial charge in [0.05, 0.1) is 0 Å². The number of ketones is 1. The van der Waals surface area contributed by atoms with Gasteiger partial charge in [0.15, 0.2) is 5.76 Å². The van der Waals surface area contributed by atoms with Crippen molar-refractivity contribution in [2.24, 2.45) is 0 Å². The standard InChI is InChI=1S/C14H13BrO3/c1-9-7-10(3-5-12(9)15)14(16)13-6-4-11(18-13)8-17-2/h3-7H,8H2,1-2H3. The van der Waals surface area contributed by atoms with Crippen molar-refractivity contribution in [2.45, 2.75) is 13.5 Å². The third-order valence-electron chi connectivity index (χ3n) is 2.59. The number of hydrogen-bond acceptors (Lipinski definition) is 3. The topological polar surface area (TPSA) is 39.4 Å². The third kappa shape index (κ3) is 2.71. The Hall–Kier alpha value is -1.39. The lowest BCUT2D eigenvalue weighted by Gasteiger charge is -2.02. The predicted molar refractivity (Wildman–Crippen MR) is 71.7 cm³/mol. The summed E-state index contributed by atoms with van der Waals surface area (Å²) in [5.74, 6) is 0.867. The Labute approximate surface area is 114 Å². The fourth-order valence-electron chi connectivity index (χ4n) is 1.65. The van der Waals surface area contributed by atoms with Crippen molar-refractivity contribution < 1.29 is 13.9 Å². The number of halogens is 1. The van der Waals surface area contributed by atoms with Gasteiger partial charge >= 0.3 is 0 Å². The van der Waals surface area contributed by atoms with Crippen LogP contribution in [0, 0.1) is 6.92 Å². The molecule has 0 spiro atoms. The minimum absolute atomic E-state index is 0.118. The van der Waals surface area contributed by atoms with Gasteiger partial charge < -0.3 is 9.15 Å². The molecule has 1 aromatic carbocycles. The second kappa shape index (κ2) is 5.50. The molecule has 0 bridgehead atoms. The number of furan rings is 1. The van der Waals surface area contributed by atoms with Crippen LogP contribution in [0.3, 0.4) is 0 Å². The Kier molecular flexibility index (Phi) is 3.99. The van der Waals surface area contributed by atoms with Crippen LogP contribution in [0.1, 0.15) is 27.4 Å². The minimum Gasteiger partial charge on any atom is -0.455 e. The van der Waals surface area contributed by atoms with Crippen LogP contribution < -0.4 is 0 Å². The number of rotatable bonds is 4. The van der Waals surface area contributed by atoms with E-state index < -0.39 is 0 Å². The molecule has 3 nitrogen and oxygen atoms in total. The van der Waals surface area contributed by atoms with Crippen LogP contribution in [0.25, 0.3) is 0 Å². The van der Waals surface area contributed by atoms with E-state index in [4.69, 9.17) is 9.15 Å². The molecule has 2 rings (SSSR count). The molecule has 0 fully saturated rings. The van der Waals surface area contributed by atoms with Gasteiger partial charge in [0.2, 0.25) is 5.78 Å². The van der Waals surface area contributed by atoms with Crippen LogP contribution in [0.2, 0.25) is 0 Å². The molecule has 0 saturated carbocycles. The number of methoxy groups -OCH3 is 1. The molecular weight excluding hydrogens is 296 g/mol.